The minimum atomic E-state index is -0.533. The summed E-state index contributed by atoms with van der Waals surface area (Å²) in [6.07, 6.45) is 4.14. The Balaban J connectivity index is 2.52. The number of nitrogens with zero attached hydrogens (tertiary/aromatic N) is 4. The summed E-state index contributed by atoms with van der Waals surface area (Å²) in [6, 6.07) is 1.63. The molecular formula is C7H5N5O2. The molecule has 0 saturated carbocycles. The lowest BCUT2D eigenvalue weighted by molar-refractivity contribution is -0.384. The smallest absolute Gasteiger partial charge is 0.268 e. The van der Waals surface area contributed by atoms with E-state index in [2.05, 4.69) is 20.2 Å². The summed E-state index contributed by atoms with van der Waals surface area (Å²) in [4.78, 5) is 17.8. The van der Waals surface area contributed by atoms with Crippen LogP contribution in [0.15, 0.2) is 24.7 Å². The summed E-state index contributed by atoms with van der Waals surface area (Å²) in [6.45, 7) is 0. The van der Waals surface area contributed by atoms with Gasteiger partial charge in [-0.15, -0.1) is 0 Å². The third-order valence-corrected chi connectivity index (χ3v) is 1.61. The van der Waals surface area contributed by atoms with Crippen LogP contribution in [0, 0.1) is 10.1 Å². The SMILES string of the molecule is O=[N+]([O-])c1cn[nH]c1-c1ncccn1. The first-order chi connectivity index (χ1) is 6.79. The van der Waals surface area contributed by atoms with Gasteiger partial charge in [0.15, 0.2) is 11.5 Å². The summed E-state index contributed by atoms with van der Waals surface area (Å²) in [5, 5.41) is 16.6. The van der Waals surface area contributed by atoms with Crippen molar-refractivity contribution in [2.24, 2.45) is 0 Å². The van der Waals surface area contributed by atoms with Crippen molar-refractivity contribution in [3.8, 4) is 11.5 Å². The Kier molecular flexibility index (Phi) is 1.90. The van der Waals surface area contributed by atoms with Crippen molar-refractivity contribution >= 4 is 5.69 Å². The van der Waals surface area contributed by atoms with Crippen molar-refractivity contribution in [1.29, 1.82) is 0 Å². The number of aromatic amines is 1. The summed E-state index contributed by atoms with van der Waals surface area (Å²) in [5.74, 6) is 0.261. The van der Waals surface area contributed by atoms with Gasteiger partial charge in [-0.05, 0) is 6.07 Å². The molecule has 14 heavy (non-hydrogen) atoms. The number of aromatic nitrogens is 4. The van der Waals surface area contributed by atoms with Crippen molar-refractivity contribution in [2.75, 3.05) is 0 Å². The highest BCUT2D eigenvalue weighted by molar-refractivity contribution is 5.61. The molecule has 0 aliphatic rings. The van der Waals surface area contributed by atoms with Gasteiger partial charge in [-0.1, -0.05) is 0 Å². The van der Waals surface area contributed by atoms with Crippen molar-refractivity contribution in [1.82, 2.24) is 20.2 Å². The number of H-pyrrole nitrogens is 1. The van der Waals surface area contributed by atoms with Crippen LogP contribution in [-0.4, -0.2) is 25.1 Å². The molecule has 7 nitrogen and oxygen atoms in total. The maximum Gasteiger partial charge on any atom is 0.317 e. The molecule has 2 aromatic heterocycles. The number of nitro groups is 1. The summed E-state index contributed by atoms with van der Waals surface area (Å²) in [5.41, 5.74) is 0.0896. The van der Waals surface area contributed by atoms with Gasteiger partial charge < -0.3 is 0 Å². The molecule has 2 rings (SSSR count). The molecule has 0 unspecified atom stereocenters. The van der Waals surface area contributed by atoms with Crippen LogP contribution in [0.4, 0.5) is 5.69 Å². The van der Waals surface area contributed by atoms with E-state index in [1.807, 2.05) is 0 Å². The zero-order valence-corrected chi connectivity index (χ0v) is 6.91. The fourth-order valence-electron chi connectivity index (χ4n) is 1.01. The van der Waals surface area contributed by atoms with Gasteiger partial charge in [-0.2, -0.15) is 5.10 Å². The number of hydrogen-bond donors (Lipinski definition) is 1. The second-order valence-electron chi connectivity index (χ2n) is 2.46. The molecule has 0 saturated heterocycles. The van der Waals surface area contributed by atoms with Gasteiger partial charge in [-0.3, -0.25) is 15.2 Å². The van der Waals surface area contributed by atoms with Crippen LogP contribution in [0.1, 0.15) is 0 Å². The van der Waals surface area contributed by atoms with Crippen LogP contribution in [0.25, 0.3) is 11.5 Å². The van der Waals surface area contributed by atoms with Crippen molar-refractivity contribution in [3.63, 3.8) is 0 Å². The predicted molar refractivity (Wildman–Crippen MR) is 46.3 cm³/mol. The van der Waals surface area contributed by atoms with E-state index >= 15 is 0 Å². The Morgan fingerprint density at radius 2 is 2.07 bits per heavy atom. The molecule has 2 aromatic rings. The number of hydrogen-bond acceptors (Lipinski definition) is 5. The highest BCUT2D eigenvalue weighted by Gasteiger charge is 2.19. The first-order valence-corrected chi connectivity index (χ1v) is 3.74. The second-order valence-corrected chi connectivity index (χ2v) is 2.46. The third-order valence-electron chi connectivity index (χ3n) is 1.61. The van der Waals surface area contributed by atoms with E-state index in [-0.39, 0.29) is 17.2 Å². The first kappa shape index (κ1) is 8.30. The normalized spacial score (nSPS) is 10.0. The lowest BCUT2D eigenvalue weighted by atomic mass is 10.3. The monoisotopic (exact) mass is 191 g/mol. The quantitative estimate of drug-likeness (QED) is 0.558. The van der Waals surface area contributed by atoms with Crippen molar-refractivity contribution < 1.29 is 4.92 Å². The van der Waals surface area contributed by atoms with Gasteiger partial charge >= 0.3 is 5.69 Å². The van der Waals surface area contributed by atoms with Gasteiger partial charge in [0.25, 0.3) is 0 Å². The molecule has 0 atom stereocenters. The Bertz CT molecular complexity index is 452. The molecular weight excluding hydrogens is 186 g/mol. The first-order valence-electron chi connectivity index (χ1n) is 3.74. The molecule has 0 spiro atoms. The summed E-state index contributed by atoms with van der Waals surface area (Å²) >= 11 is 0. The minimum absolute atomic E-state index is 0.129. The van der Waals surface area contributed by atoms with Gasteiger partial charge in [0, 0.05) is 12.4 Å². The summed E-state index contributed by atoms with van der Waals surface area (Å²) in [7, 11) is 0. The Morgan fingerprint density at radius 1 is 1.36 bits per heavy atom. The van der Waals surface area contributed by atoms with Crippen LogP contribution < -0.4 is 0 Å². The van der Waals surface area contributed by atoms with Gasteiger partial charge in [-0.25, -0.2) is 9.97 Å². The Morgan fingerprint density at radius 3 is 2.71 bits per heavy atom. The number of rotatable bonds is 2. The van der Waals surface area contributed by atoms with E-state index in [1.54, 1.807) is 6.07 Å². The highest BCUT2D eigenvalue weighted by atomic mass is 16.6. The molecule has 2 heterocycles. The molecule has 7 heteroatoms. The van der Waals surface area contributed by atoms with Crippen LogP contribution in [0.3, 0.4) is 0 Å². The standard InChI is InChI=1S/C7H5N5O2/c13-12(14)5-4-10-11-6(5)7-8-2-1-3-9-7/h1-4H,(H,10,11). The van der Waals surface area contributed by atoms with Gasteiger partial charge in [0.05, 0.1) is 4.92 Å². The van der Waals surface area contributed by atoms with E-state index in [0.29, 0.717) is 0 Å². The topological polar surface area (TPSA) is 97.6 Å². The van der Waals surface area contributed by atoms with E-state index in [4.69, 9.17) is 0 Å². The molecule has 0 aliphatic heterocycles. The molecule has 0 fully saturated rings. The van der Waals surface area contributed by atoms with Crippen LogP contribution in [0.2, 0.25) is 0 Å². The fraction of sp³-hybridized carbons (Fsp3) is 0. The summed E-state index contributed by atoms with van der Waals surface area (Å²) < 4.78 is 0. The Hall–Kier alpha value is -2.31. The van der Waals surface area contributed by atoms with E-state index in [9.17, 15) is 10.1 Å². The van der Waals surface area contributed by atoms with Gasteiger partial charge in [0.1, 0.15) is 6.20 Å². The number of nitrogens with one attached hydrogen (secondary N) is 1. The highest BCUT2D eigenvalue weighted by Crippen LogP contribution is 2.22. The van der Waals surface area contributed by atoms with Crippen molar-refractivity contribution in [3.05, 3.63) is 34.8 Å². The van der Waals surface area contributed by atoms with Gasteiger partial charge in [0.2, 0.25) is 0 Å². The molecule has 0 aromatic carbocycles. The molecule has 70 valence electrons. The van der Waals surface area contributed by atoms with E-state index in [1.165, 1.54) is 12.4 Å². The largest absolute Gasteiger partial charge is 0.317 e. The average Bonchev–Trinajstić information content (AvgIpc) is 2.67. The maximum absolute atomic E-state index is 10.5. The van der Waals surface area contributed by atoms with Crippen LogP contribution in [-0.2, 0) is 0 Å². The molecule has 0 aliphatic carbocycles. The average molecular weight is 191 g/mol. The zero-order valence-electron chi connectivity index (χ0n) is 6.91. The molecule has 0 radical (unpaired) electrons. The van der Waals surface area contributed by atoms with Crippen molar-refractivity contribution in [2.45, 2.75) is 0 Å². The second kappa shape index (κ2) is 3.21. The molecule has 1 N–H and O–H groups in total. The lowest BCUT2D eigenvalue weighted by Crippen LogP contribution is -1.92. The minimum Gasteiger partial charge on any atom is -0.268 e. The van der Waals surface area contributed by atoms with E-state index < -0.39 is 4.92 Å². The molecule has 0 bridgehead atoms. The van der Waals surface area contributed by atoms with Crippen LogP contribution in [0.5, 0.6) is 0 Å². The third kappa shape index (κ3) is 1.30. The predicted octanol–water partition coefficient (Wildman–Crippen LogP) is 0.775. The zero-order chi connectivity index (χ0) is 9.97. The van der Waals surface area contributed by atoms with E-state index in [0.717, 1.165) is 6.20 Å². The Labute approximate surface area is 78.0 Å². The lowest BCUT2D eigenvalue weighted by Gasteiger charge is -1.93. The van der Waals surface area contributed by atoms with Crippen LogP contribution >= 0.6 is 0 Å². The fourth-order valence-corrected chi connectivity index (χ4v) is 1.01. The maximum atomic E-state index is 10.5. The molecule has 0 amide bonds.